The average Bonchev–Trinajstić information content (AvgIpc) is 4.25. The number of likely N-dealkylation sites (tertiary alicyclic amines) is 2. The van der Waals surface area contributed by atoms with Gasteiger partial charge in [0.1, 0.15) is 47.9 Å². The molecule has 20 heteroatoms. The summed E-state index contributed by atoms with van der Waals surface area (Å²) in [6.45, 7) is 9.41. The quantitative estimate of drug-likeness (QED) is 0.113. The van der Waals surface area contributed by atoms with Crippen LogP contribution in [-0.2, 0) is 32.5 Å². The predicted octanol–water partition coefficient (Wildman–Crippen LogP) is 7.89. The lowest BCUT2D eigenvalue weighted by atomic mass is 9.86. The molecule has 7 fully saturated rings. The first-order valence-electron chi connectivity index (χ1n) is 29.1. The fourth-order valence-electron chi connectivity index (χ4n) is 14.8. The molecule has 3 aromatic heterocycles. The molecule has 7 aliphatic heterocycles. The molecule has 3 aromatic carbocycles. The minimum absolute atomic E-state index is 0.0246. The number of phenolic OH excluding ortho intramolecular Hbond substituents is 1. The Morgan fingerprint density at radius 2 is 1.71 bits per heavy atom. The molecule has 3 amide bonds. The number of piperidine rings is 4. The summed E-state index contributed by atoms with van der Waals surface area (Å²) in [6.07, 6.45) is 12.2. The summed E-state index contributed by atoms with van der Waals surface area (Å²) < 4.78 is 54.7. The number of carbonyl (C=O) groups excluding carboxylic acids is 3. The molecule has 6 aromatic rings. The molecule has 80 heavy (non-hydrogen) atoms. The van der Waals surface area contributed by atoms with Gasteiger partial charge in [0.15, 0.2) is 5.82 Å². The number of halogens is 2. The van der Waals surface area contributed by atoms with E-state index in [1.165, 1.54) is 12.1 Å². The van der Waals surface area contributed by atoms with Crippen molar-refractivity contribution in [1.29, 1.82) is 0 Å². The summed E-state index contributed by atoms with van der Waals surface area (Å²) in [5.41, 5.74) is 2.44. The second-order valence-corrected chi connectivity index (χ2v) is 23.8. The number of amides is 3. The molecule has 2 unspecified atom stereocenters. The highest BCUT2D eigenvalue weighted by atomic mass is 19.1. The van der Waals surface area contributed by atoms with Gasteiger partial charge in [-0.2, -0.15) is 9.97 Å². The van der Waals surface area contributed by atoms with E-state index >= 15 is 8.78 Å². The molecule has 13 rings (SSSR count). The van der Waals surface area contributed by atoms with Crippen LogP contribution in [0.5, 0.6) is 11.8 Å². The van der Waals surface area contributed by atoms with Crippen molar-refractivity contribution in [2.75, 3.05) is 77.1 Å². The van der Waals surface area contributed by atoms with Crippen molar-refractivity contribution in [1.82, 2.24) is 44.1 Å². The van der Waals surface area contributed by atoms with Gasteiger partial charge in [0.25, 0.3) is 0 Å². The topological polar surface area (TPSA) is 190 Å². The van der Waals surface area contributed by atoms with Gasteiger partial charge in [-0.3, -0.25) is 33.9 Å². The molecular formula is C60H70F2N10O8. The Morgan fingerprint density at radius 3 is 2.49 bits per heavy atom. The van der Waals surface area contributed by atoms with Crippen LogP contribution in [0.15, 0.2) is 53.5 Å². The Labute approximate surface area is 462 Å². The Morgan fingerprint density at radius 1 is 0.900 bits per heavy atom. The molecule has 1 spiro atoms. The molecule has 10 heterocycles. The minimum atomic E-state index is -0.715. The number of fused-ring (bicyclic) bond motifs is 4. The van der Waals surface area contributed by atoms with Crippen LogP contribution in [0.2, 0.25) is 0 Å². The third kappa shape index (κ3) is 9.41. The fourth-order valence-corrected chi connectivity index (χ4v) is 14.8. The molecular weight excluding hydrogens is 1030 g/mol. The third-order valence-electron chi connectivity index (χ3n) is 19.2. The van der Waals surface area contributed by atoms with Gasteiger partial charge < -0.3 is 34.0 Å². The smallest absolute Gasteiger partial charge is 0.409 e. The van der Waals surface area contributed by atoms with Crippen molar-refractivity contribution < 1.29 is 42.5 Å². The highest BCUT2D eigenvalue weighted by Crippen LogP contribution is 2.45. The van der Waals surface area contributed by atoms with E-state index in [4.69, 9.17) is 24.2 Å². The maximum Gasteiger partial charge on any atom is 0.409 e. The van der Waals surface area contributed by atoms with Crippen LogP contribution in [0.25, 0.3) is 44.0 Å². The first-order chi connectivity index (χ1) is 38.8. The second kappa shape index (κ2) is 21.0. The number of rotatable bonds is 12. The molecule has 18 nitrogen and oxygen atoms in total. The number of ether oxygens (including phenoxy) is 3. The van der Waals surface area contributed by atoms with Crippen molar-refractivity contribution in [2.24, 2.45) is 13.0 Å². The van der Waals surface area contributed by atoms with Crippen LogP contribution in [-0.4, -0.2) is 151 Å². The summed E-state index contributed by atoms with van der Waals surface area (Å²) in [5, 5.41) is 14.7. The lowest BCUT2D eigenvalue weighted by Gasteiger charge is -2.48. The van der Waals surface area contributed by atoms with Crippen LogP contribution >= 0.6 is 0 Å². The van der Waals surface area contributed by atoms with Crippen LogP contribution in [0.4, 0.5) is 19.4 Å². The molecule has 7 aliphatic rings. The van der Waals surface area contributed by atoms with E-state index in [0.717, 1.165) is 113 Å². The second-order valence-electron chi connectivity index (χ2n) is 23.8. The number of aromatic nitrogens is 5. The molecule has 0 saturated carbocycles. The largest absolute Gasteiger partial charge is 0.508 e. The van der Waals surface area contributed by atoms with Gasteiger partial charge in [0, 0.05) is 70.4 Å². The van der Waals surface area contributed by atoms with Gasteiger partial charge in [0.2, 0.25) is 11.8 Å². The SMILES string of the molecule is CCc1c(F)ccc2cc(O)cc(-c3ncc4c(N5CCCC6(CCO6)C5)nc(OC[C@@]56CCCN5[C@H](COC(=O)N5CCC(CN7CCC(c8ccc9c(c8)n(C8CCC(=O)NC8=O)c(=O)n9C)CC7)CC5)CC6)nc4c3F)c12. The van der Waals surface area contributed by atoms with Gasteiger partial charge in [-0.05, 0) is 161 Å². The molecule has 2 N–H and O–H groups in total. The van der Waals surface area contributed by atoms with Gasteiger partial charge in [0.05, 0.1) is 34.2 Å². The number of aryl methyl sites for hydroxylation is 2. The minimum Gasteiger partial charge on any atom is -0.508 e. The Hall–Kier alpha value is -6.77. The number of imidazole rings is 1. The first kappa shape index (κ1) is 52.6. The lowest BCUT2D eigenvalue weighted by molar-refractivity contribution is -0.151. The van der Waals surface area contributed by atoms with Crippen LogP contribution in [0.1, 0.15) is 113 Å². The third-order valence-corrected chi connectivity index (χ3v) is 19.2. The molecule has 4 atom stereocenters. The summed E-state index contributed by atoms with van der Waals surface area (Å²) >= 11 is 0. The van der Waals surface area contributed by atoms with Gasteiger partial charge >= 0.3 is 17.8 Å². The zero-order valence-corrected chi connectivity index (χ0v) is 45.7. The number of hydrogen-bond acceptors (Lipinski definition) is 14. The van der Waals surface area contributed by atoms with Gasteiger partial charge in [-0.15, -0.1) is 0 Å². The van der Waals surface area contributed by atoms with Gasteiger partial charge in [-0.1, -0.05) is 19.1 Å². The van der Waals surface area contributed by atoms with Gasteiger partial charge in [-0.25, -0.2) is 18.4 Å². The molecule has 0 radical (unpaired) electrons. The van der Waals surface area contributed by atoms with E-state index in [9.17, 15) is 24.3 Å². The number of nitrogens with one attached hydrogen (secondary N) is 1. The Bertz CT molecular complexity index is 3500. The number of nitrogens with zero attached hydrogens (tertiary/aromatic N) is 9. The number of hydrogen-bond donors (Lipinski definition) is 2. The molecule has 0 aliphatic carbocycles. The van der Waals surface area contributed by atoms with Crippen molar-refractivity contribution in [3.63, 3.8) is 0 Å². The van der Waals surface area contributed by atoms with Crippen LogP contribution < -0.4 is 20.6 Å². The molecule has 422 valence electrons. The summed E-state index contributed by atoms with van der Waals surface area (Å²) in [4.78, 5) is 75.1. The van der Waals surface area contributed by atoms with Crippen LogP contribution in [0, 0.1) is 17.6 Å². The number of benzene rings is 3. The van der Waals surface area contributed by atoms with Crippen molar-refractivity contribution in [3.05, 3.63) is 81.9 Å². The maximum absolute atomic E-state index is 17.4. The van der Waals surface area contributed by atoms with E-state index in [1.807, 2.05) is 17.9 Å². The first-order valence-corrected chi connectivity index (χ1v) is 29.1. The number of imide groups is 1. The highest BCUT2D eigenvalue weighted by molar-refractivity contribution is 6.02. The number of phenols is 1. The Balaban J connectivity index is 0.637. The molecule has 0 bridgehead atoms. The lowest BCUT2D eigenvalue weighted by Crippen LogP contribution is -2.56. The van der Waals surface area contributed by atoms with E-state index in [1.54, 1.807) is 34.5 Å². The zero-order chi connectivity index (χ0) is 55.0. The van der Waals surface area contributed by atoms with E-state index in [2.05, 4.69) is 37.1 Å². The standard InChI is InChI=1S/C60H70F2N10O8/c1-3-42-45(61)8-6-39-28-41(73)30-43(50(39)42)52-51(62)53-44(31-63-52)54(70-21-5-18-60(34-70)20-27-80-60)66-56(65-53)79-35-59-17-4-22-71(59)40(12-19-59)33-78-58(77)69-25-13-36(14-26-69)32-68-23-15-37(16-24-68)38-7-9-46-48(29-38)72(57(76)67(46)2)47-10-11-49(74)64-55(47)75/h6-9,28-31,36-37,40,47,73H,3-5,10-27,32-35H2,1-2H3,(H,64,74,75)/t40-,47?,59-,60?/m0/s1. The van der Waals surface area contributed by atoms with E-state index in [-0.39, 0.29) is 83.0 Å². The van der Waals surface area contributed by atoms with Crippen molar-refractivity contribution >= 4 is 56.4 Å². The number of aromatic hydroxyl groups is 1. The van der Waals surface area contributed by atoms with Crippen LogP contribution in [0.3, 0.4) is 0 Å². The number of carbonyl (C=O) groups is 3. The fraction of sp³-hybridized carbons (Fsp3) is 0.550. The summed E-state index contributed by atoms with van der Waals surface area (Å²) in [5.74, 6) is -0.636. The van der Waals surface area contributed by atoms with E-state index in [0.29, 0.717) is 85.0 Å². The van der Waals surface area contributed by atoms with Crippen molar-refractivity contribution in [2.45, 2.75) is 126 Å². The monoisotopic (exact) mass is 1100 g/mol. The highest BCUT2D eigenvalue weighted by Gasteiger charge is 2.51. The van der Waals surface area contributed by atoms with Crippen molar-refractivity contribution in [3.8, 4) is 23.0 Å². The number of anilines is 1. The molecule has 7 saturated heterocycles. The average molecular weight is 1100 g/mol. The summed E-state index contributed by atoms with van der Waals surface area (Å²) in [6, 6.07) is 11.4. The Kier molecular flexibility index (Phi) is 13.8. The normalized spacial score (nSPS) is 25.2. The summed E-state index contributed by atoms with van der Waals surface area (Å²) in [7, 11) is 1.72. The van der Waals surface area contributed by atoms with E-state index < -0.39 is 23.6 Å². The maximum atomic E-state index is 17.4. The number of pyridine rings is 1. The zero-order valence-electron chi connectivity index (χ0n) is 45.7. The predicted molar refractivity (Wildman–Crippen MR) is 296 cm³/mol.